The van der Waals surface area contributed by atoms with E-state index in [4.69, 9.17) is 4.74 Å². The first-order chi connectivity index (χ1) is 9.68. The second-order valence-electron chi connectivity index (χ2n) is 4.94. The van der Waals surface area contributed by atoms with Crippen molar-refractivity contribution in [2.45, 2.75) is 38.3 Å². The molecule has 1 aromatic rings. The van der Waals surface area contributed by atoms with Gasteiger partial charge in [-0.05, 0) is 18.4 Å². The Morgan fingerprint density at radius 2 is 1.95 bits per heavy atom. The lowest BCUT2D eigenvalue weighted by molar-refractivity contribution is -0.142. The van der Waals surface area contributed by atoms with Crippen molar-refractivity contribution in [3.63, 3.8) is 0 Å². The smallest absolute Gasteiger partial charge is 0.410 e. The fourth-order valence-electron chi connectivity index (χ4n) is 2.39. The minimum atomic E-state index is -0.955. The maximum atomic E-state index is 12.1. The number of aliphatic carboxylic acids is 1. The third-order valence-corrected chi connectivity index (χ3v) is 3.48. The lowest BCUT2D eigenvalue weighted by Crippen LogP contribution is -2.44. The molecule has 20 heavy (non-hydrogen) atoms. The number of carbonyl (C=O) groups is 2. The van der Waals surface area contributed by atoms with E-state index in [1.807, 2.05) is 30.3 Å². The van der Waals surface area contributed by atoms with Crippen molar-refractivity contribution in [2.24, 2.45) is 0 Å². The Kier molecular flexibility index (Phi) is 4.98. The number of amides is 1. The molecule has 0 bridgehead atoms. The van der Waals surface area contributed by atoms with E-state index in [2.05, 4.69) is 0 Å². The zero-order valence-electron chi connectivity index (χ0n) is 11.3. The summed E-state index contributed by atoms with van der Waals surface area (Å²) in [7, 11) is 0. The van der Waals surface area contributed by atoms with Gasteiger partial charge >= 0.3 is 12.1 Å². The minimum absolute atomic E-state index is 0.169. The summed E-state index contributed by atoms with van der Waals surface area (Å²) >= 11 is 0. The first-order valence-corrected chi connectivity index (χ1v) is 6.88. The van der Waals surface area contributed by atoms with Crippen molar-refractivity contribution in [1.29, 1.82) is 0 Å². The number of carbonyl (C=O) groups excluding carboxylic acids is 1. The first-order valence-electron chi connectivity index (χ1n) is 6.88. The standard InChI is InChI=1S/C15H19NO4/c17-14(18)13-9-5-2-6-10-16(13)15(19)20-11-12-7-3-1-4-8-12/h1,3-4,7-8,13H,2,5-6,9-11H2,(H,17,18). The highest BCUT2D eigenvalue weighted by Crippen LogP contribution is 2.18. The Morgan fingerprint density at radius 3 is 2.65 bits per heavy atom. The van der Waals surface area contributed by atoms with Crippen LogP contribution in [-0.4, -0.2) is 34.7 Å². The predicted molar refractivity (Wildman–Crippen MR) is 73.2 cm³/mol. The number of carboxylic acid groups (broad SMARTS) is 1. The highest BCUT2D eigenvalue weighted by Gasteiger charge is 2.31. The molecule has 5 nitrogen and oxygen atoms in total. The van der Waals surface area contributed by atoms with Gasteiger partial charge in [0.05, 0.1) is 0 Å². The highest BCUT2D eigenvalue weighted by atomic mass is 16.6. The Balaban J connectivity index is 1.96. The van der Waals surface area contributed by atoms with Gasteiger partial charge in [0, 0.05) is 6.54 Å². The summed E-state index contributed by atoms with van der Waals surface area (Å²) in [5.41, 5.74) is 0.891. The molecule has 1 fully saturated rings. The average Bonchev–Trinajstić information content (AvgIpc) is 2.71. The molecule has 1 aliphatic heterocycles. The fourth-order valence-corrected chi connectivity index (χ4v) is 2.39. The van der Waals surface area contributed by atoms with Gasteiger partial charge in [-0.15, -0.1) is 0 Å². The molecule has 5 heteroatoms. The van der Waals surface area contributed by atoms with Crippen LogP contribution in [0.2, 0.25) is 0 Å². The fraction of sp³-hybridized carbons (Fsp3) is 0.467. The molecule has 1 unspecified atom stereocenters. The van der Waals surface area contributed by atoms with E-state index >= 15 is 0 Å². The molecule has 1 aromatic carbocycles. The molecule has 0 radical (unpaired) electrons. The number of likely N-dealkylation sites (tertiary alicyclic amines) is 1. The summed E-state index contributed by atoms with van der Waals surface area (Å²) in [6, 6.07) is 8.60. The number of nitrogens with zero attached hydrogens (tertiary/aromatic N) is 1. The van der Waals surface area contributed by atoms with E-state index < -0.39 is 18.1 Å². The van der Waals surface area contributed by atoms with Crippen LogP contribution in [0.5, 0.6) is 0 Å². The van der Waals surface area contributed by atoms with Crippen LogP contribution in [0.15, 0.2) is 30.3 Å². The van der Waals surface area contributed by atoms with Gasteiger partial charge in [-0.3, -0.25) is 4.90 Å². The third-order valence-electron chi connectivity index (χ3n) is 3.48. The van der Waals surface area contributed by atoms with Gasteiger partial charge in [0.15, 0.2) is 0 Å². The second-order valence-corrected chi connectivity index (χ2v) is 4.94. The molecule has 1 saturated heterocycles. The molecule has 1 aliphatic rings. The molecule has 0 aliphatic carbocycles. The summed E-state index contributed by atoms with van der Waals surface area (Å²) in [4.78, 5) is 24.7. The summed E-state index contributed by atoms with van der Waals surface area (Å²) < 4.78 is 5.23. The van der Waals surface area contributed by atoms with E-state index in [-0.39, 0.29) is 6.61 Å². The van der Waals surface area contributed by atoms with Crippen LogP contribution in [0.1, 0.15) is 31.2 Å². The molecule has 1 amide bonds. The Morgan fingerprint density at radius 1 is 1.20 bits per heavy atom. The van der Waals surface area contributed by atoms with Gasteiger partial charge in [0.1, 0.15) is 12.6 Å². The summed E-state index contributed by atoms with van der Waals surface area (Å²) in [5, 5.41) is 9.22. The van der Waals surface area contributed by atoms with Crippen molar-refractivity contribution >= 4 is 12.1 Å². The van der Waals surface area contributed by atoms with E-state index in [1.54, 1.807) is 0 Å². The van der Waals surface area contributed by atoms with Gasteiger partial charge in [-0.25, -0.2) is 9.59 Å². The van der Waals surface area contributed by atoms with Gasteiger partial charge < -0.3 is 9.84 Å². The molecule has 108 valence electrons. The minimum Gasteiger partial charge on any atom is -0.480 e. The normalized spacial score (nSPS) is 19.2. The average molecular weight is 277 g/mol. The van der Waals surface area contributed by atoms with Gasteiger partial charge in [0.25, 0.3) is 0 Å². The number of benzene rings is 1. The quantitative estimate of drug-likeness (QED) is 0.922. The third kappa shape index (κ3) is 3.73. The van der Waals surface area contributed by atoms with E-state index in [9.17, 15) is 14.7 Å². The van der Waals surface area contributed by atoms with E-state index in [0.29, 0.717) is 13.0 Å². The van der Waals surface area contributed by atoms with E-state index in [0.717, 1.165) is 24.8 Å². The topological polar surface area (TPSA) is 66.8 Å². The van der Waals surface area contributed by atoms with Gasteiger partial charge in [-0.2, -0.15) is 0 Å². The second kappa shape index (κ2) is 6.93. The van der Waals surface area contributed by atoms with Crippen LogP contribution in [0, 0.1) is 0 Å². The Bertz CT molecular complexity index is 460. The van der Waals surface area contributed by atoms with Crippen LogP contribution < -0.4 is 0 Å². The number of rotatable bonds is 3. The summed E-state index contributed by atoms with van der Waals surface area (Å²) in [5.74, 6) is -0.955. The molecule has 0 saturated carbocycles. The molecular weight excluding hydrogens is 258 g/mol. The summed E-state index contributed by atoms with van der Waals surface area (Å²) in [6.45, 7) is 0.618. The van der Waals surface area contributed by atoms with Crippen molar-refractivity contribution in [3.05, 3.63) is 35.9 Å². The molecule has 0 spiro atoms. The largest absolute Gasteiger partial charge is 0.480 e. The van der Waals surface area contributed by atoms with Crippen molar-refractivity contribution in [3.8, 4) is 0 Å². The van der Waals surface area contributed by atoms with Gasteiger partial charge in [-0.1, -0.05) is 43.2 Å². The zero-order chi connectivity index (χ0) is 14.4. The van der Waals surface area contributed by atoms with Crippen molar-refractivity contribution in [2.75, 3.05) is 6.54 Å². The molecule has 1 atom stereocenters. The lowest BCUT2D eigenvalue weighted by Gasteiger charge is -2.26. The SMILES string of the molecule is O=C(O)C1CCCCCN1C(=O)OCc1ccccc1. The zero-order valence-corrected chi connectivity index (χ0v) is 11.3. The first kappa shape index (κ1) is 14.4. The maximum absolute atomic E-state index is 12.1. The predicted octanol–water partition coefficient (Wildman–Crippen LogP) is 2.65. The monoisotopic (exact) mass is 277 g/mol. The van der Waals surface area contributed by atoms with E-state index in [1.165, 1.54) is 4.90 Å². The number of hydrogen-bond donors (Lipinski definition) is 1. The Hall–Kier alpha value is -2.04. The lowest BCUT2D eigenvalue weighted by atomic mass is 10.1. The molecule has 1 heterocycles. The van der Waals surface area contributed by atoms with Crippen molar-refractivity contribution in [1.82, 2.24) is 4.90 Å². The Labute approximate surface area is 118 Å². The molecule has 1 N–H and O–H groups in total. The number of ether oxygens (including phenoxy) is 1. The van der Waals surface area contributed by atoms with Crippen LogP contribution in [0.25, 0.3) is 0 Å². The maximum Gasteiger partial charge on any atom is 0.410 e. The van der Waals surface area contributed by atoms with Crippen LogP contribution in [-0.2, 0) is 16.1 Å². The van der Waals surface area contributed by atoms with Crippen LogP contribution in [0.4, 0.5) is 4.79 Å². The van der Waals surface area contributed by atoms with Crippen LogP contribution >= 0.6 is 0 Å². The molecule has 2 rings (SSSR count). The molecule has 0 aromatic heterocycles. The van der Waals surface area contributed by atoms with Crippen molar-refractivity contribution < 1.29 is 19.4 Å². The number of hydrogen-bond acceptors (Lipinski definition) is 3. The van der Waals surface area contributed by atoms with Gasteiger partial charge in [0.2, 0.25) is 0 Å². The highest BCUT2D eigenvalue weighted by molar-refractivity contribution is 5.80. The number of carboxylic acids is 1. The van der Waals surface area contributed by atoms with Crippen LogP contribution in [0.3, 0.4) is 0 Å². The molecular formula is C15H19NO4. The summed E-state index contributed by atoms with van der Waals surface area (Å²) in [6.07, 6.45) is 2.56.